The van der Waals surface area contributed by atoms with E-state index in [0.717, 1.165) is 117 Å². The number of aromatic nitrogens is 6. The fourth-order valence-electron chi connectivity index (χ4n) is 16.0. The molecule has 11 aromatic carbocycles. The summed E-state index contributed by atoms with van der Waals surface area (Å²) in [5.41, 5.74) is 46.9. The van der Waals surface area contributed by atoms with E-state index in [4.69, 9.17) is 46.4 Å². The summed E-state index contributed by atoms with van der Waals surface area (Å²) in [5, 5.41) is 62.0. The van der Waals surface area contributed by atoms with E-state index in [2.05, 4.69) is 159 Å². The second-order valence-corrected chi connectivity index (χ2v) is 47.7. The van der Waals surface area contributed by atoms with E-state index in [1.807, 2.05) is 177 Å². The Morgan fingerprint density at radius 2 is 0.986 bits per heavy atom. The molecule has 2 aliphatic rings. The van der Waals surface area contributed by atoms with Crippen LogP contribution < -0.4 is 60.1 Å². The van der Waals surface area contributed by atoms with Gasteiger partial charge in [-0.2, -0.15) is 50.9 Å². The SMILES string of the molecule is C.C[Si](C)(C)N(c1c[c-]ccc1)[Si](C)(C)C.Cc1cc(C(=O)O)n(-c2cccc(C#N)c2)n1.Cc1ccc(C)c(C(O)c2cccc(N)c2)c1.Cc1ccc(C)c(C=O)c1.NCC1CC1.NCCNCCN.[Br-].[C-]#[N+]c1cccc(-n2nc(C)cc2C(=O)Cc2cccc(C(NCC3CC3)c3cc(C)ccc3C)c2)c1.[C-]#[N+]c1cccc(-n2nc(C)cc2C(=O)Nc2cccc(C(O)c3cc(C)ccc3C)c2)c1.[Mg+2]. The number of carbonyl (C=O) groups is 4. The Hall–Kier alpha value is -13.2. The molecule has 3 unspecified atom stereocenters. The summed E-state index contributed by atoms with van der Waals surface area (Å²) >= 11 is 0. The number of ketones is 1. The van der Waals surface area contributed by atoms with Gasteiger partial charge in [0.2, 0.25) is 0 Å². The summed E-state index contributed by atoms with van der Waals surface area (Å²) in [5.74, 6) is 0.299. The molecule has 14 aromatic rings. The fraction of sp³-hybridized carbons (Fsp3) is 0.293. The van der Waals surface area contributed by atoms with Gasteiger partial charge in [-0.05, 0) is 279 Å². The molecular formula is C116H140BrMgN17O7Si2. The molecule has 3 heterocycles. The van der Waals surface area contributed by atoms with Gasteiger partial charge >= 0.3 is 29.0 Å². The maximum Gasteiger partial charge on any atom is 2.00 e. The number of aliphatic hydroxyl groups is 2. The van der Waals surface area contributed by atoms with Gasteiger partial charge in [0.05, 0.1) is 65.0 Å². The number of aryl methyl sites for hydroxylation is 11. The minimum Gasteiger partial charge on any atom is -1.00 e. The van der Waals surface area contributed by atoms with E-state index in [1.54, 1.807) is 96.5 Å². The Morgan fingerprint density at radius 1 is 0.535 bits per heavy atom. The molecule has 28 heteroatoms. The van der Waals surface area contributed by atoms with E-state index in [9.17, 15) is 29.4 Å². The maximum absolute atomic E-state index is 13.5. The summed E-state index contributed by atoms with van der Waals surface area (Å²) in [7, 11) is -2.58. The van der Waals surface area contributed by atoms with Gasteiger partial charge in [0.15, 0.2) is 22.9 Å². The molecule has 2 saturated carbocycles. The molecule has 748 valence electrons. The zero-order valence-corrected chi connectivity index (χ0v) is 90.4. The predicted molar refractivity (Wildman–Crippen MR) is 588 cm³/mol. The van der Waals surface area contributed by atoms with Crippen LogP contribution in [0.2, 0.25) is 39.3 Å². The predicted octanol–water partition coefficient (Wildman–Crippen LogP) is 19.4. The smallest absolute Gasteiger partial charge is 1.00 e. The molecule has 2 aliphatic carbocycles. The van der Waals surface area contributed by atoms with Crippen molar-refractivity contribution in [2.45, 2.75) is 173 Å². The van der Waals surface area contributed by atoms with Gasteiger partial charge in [-0.25, -0.2) is 28.5 Å². The van der Waals surface area contributed by atoms with E-state index >= 15 is 0 Å². The Balaban J connectivity index is 0.000000269. The fourth-order valence-corrected chi connectivity index (χ4v) is 25.9. The van der Waals surface area contributed by atoms with E-state index in [0.29, 0.717) is 81.1 Å². The van der Waals surface area contributed by atoms with Crippen LogP contribution in [0.4, 0.5) is 28.4 Å². The number of aldehydes is 1. The van der Waals surface area contributed by atoms with Crippen molar-refractivity contribution in [3.05, 3.63) is 418 Å². The number of nitrogens with two attached hydrogens (primary N) is 4. The number of nitrogen functional groups attached to an aromatic ring is 1. The minimum absolute atomic E-state index is 0. The van der Waals surface area contributed by atoms with Gasteiger partial charge in [-0.15, -0.1) is 0 Å². The summed E-state index contributed by atoms with van der Waals surface area (Å²) in [6.07, 6.45) is 5.13. The number of Topliss-reactive ketones (excluding diaryl/α,β-unsaturated/α-hetero) is 1. The number of carbonyl (C=O) groups excluding carboxylic acids is 3. The van der Waals surface area contributed by atoms with Gasteiger partial charge in [-0.3, -0.25) is 14.4 Å². The van der Waals surface area contributed by atoms with Crippen molar-refractivity contribution in [1.29, 1.82) is 5.26 Å². The number of nitriles is 1. The quantitative estimate of drug-likeness (QED) is 0.00571. The number of hydrogen-bond acceptors (Lipinski definition) is 17. The number of aromatic carboxylic acids is 1. The molecule has 24 nitrogen and oxygen atoms in total. The summed E-state index contributed by atoms with van der Waals surface area (Å²) in [6.45, 7) is 55.7. The van der Waals surface area contributed by atoms with Gasteiger partial charge < -0.3 is 75.4 Å². The molecule has 14 N–H and O–H groups in total. The Morgan fingerprint density at radius 3 is 1.45 bits per heavy atom. The van der Waals surface area contributed by atoms with E-state index in [-0.39, 0.29) is 77.3 Å². The molecule has 1 amide bonds. The summed E-state index contributed by atoms with van der Waals surface area (Å²) < 4.78 is 7.22. The number of nitrogens with zero attached hydrogens (tertiary/aromatic N) is 10. The second-order valence-electron chi connectivity index (χ2n) is 37.7. The molecule has 3 atom stereocenters. The molecule has 0 bridgehead atoms. The van der Waals surface area contributed by atoms with Crippen LogP contribution in [-0.4, -0.2) is 147 Å². The van der Waals surface area contributed by atoms with Crippen LogP contribution in [0.5, 0.6) is 0 Å². The van der Waals surface area contributed by atoms with E-state index in [1.165, 1.54) is 69.1 Å². The number of amides is 1. The molecule has 0 radical (unpaired) electrons. The third-order valence-corrected chi connectivity index (χ3v) is 30.5. The van der Waals surface area contributed by atoms with Crippen molar-refractivity contribution in [1.82, 2.24) is 40.0 Å². The van der Waals surface area contributed by atoms with Crippen LogP contribution >= 0.6 is 0 Å². The average Bonchev–Trinajstić information content (AvgIpc) is 1.65. The number of carboxylic acids is 1. The van der Waals surface area contributed by atoms with Crippen molar-refractivity contribution in [2.24, 2.45) is 29.0 Å². The first-order valence-corrected chi connectivity index (χ1v) is 54.4. The average molecular weight is 2040 g/mol. The monoisotopic (exact) mass is 2040 g/mol. The first-order chi connectivity index (χ1) is 67.3. The van der Waals surface area contributed by atoms with Crippen LogP contribution in [0, 0.1) is 119 Å². The maximum atomic E-state index is 13.5. The molecular weight excluding hydrogens is 1900 g/mol. The van der Waals surface area contributed by atoms with Gasteiger partial charge in [0.1, 0.15) is 46.4 Å². The zero-order valence-electron chi connectivity index (χ0n) is 85.4. The van der Waals surface area contributed by atoms with Gasteiger partial charge in [0.25, 0.3) is 5.91 Å². The minimum atomic E-state index is -1.29. The number of nitrogens with one attached hydrogen (secondary N) is 3. The molecule has 144 heavy (non-hydrogen) atoms. The second kappa shape index (κ2) is 57.9. The van der Waals surface area contributed by atoms with Crippen molar-refractivity contribution in [3.63, 3.8) is 0 Å². The largest absolute Gasteiger partial charge is 2.00 e. The Bertz CT molecular complexity index is 6680. The van der Waals surface area contributed by atoms with Crippen molar-refractivity contribution in [3.8, 4) is 23.1 Å². The normalized spacial score (nSPS) is 12.1. The number of hydrogen-bond donors (Lipinski definition) is 10. The number of benzene rings is 11. The molecule has 0 spiro atoms. The van der Waals surface area contributed by atoms with Crippen molar-refractivity contribution in [2.75, 3.05) is 54.6 Å². The van der Waals surface area contributed by atoms with Gasteiger partial charge in [-0.1, -0.05) is 220 Å². The standard InChI is InChI=1S/C32H32N4O.C27H24N4O2.C15H17NO.C12H9N3O2.C12H22NSi2.C9H10O.C4H13N3.C4H9N.CH4.BrH.Mg/c1-21-11-12-22(2)29(15-21)32(34-20-24-13-14-24)26-8-5-7-25(17-26)18-31(37)30-16-23(3)35-36(30)28-10-6-9-27(19-28)33-4;1-17-11-12-18(2)24(13-17)26(32)20-7-5-9-22(15-20)29-27(33)25-14-19(3)30-31(25)23-10-6-8-21(16-23)28-4;1-10-6-7-11(2)14(8-10)15(17)12-4-3-5-13(16)9-12;1-8-5-11(12(16)17)15(14-8)10-4-2-3-9(6-10)7-13;1-14(2,3)13(15(4,5)6)12-10-8-7-9-11-12;1-7-3-4-8(2)9(5-7)6-10;5-1-3-7-4-2-6;5-3-4-1-2-4;;;/h5-12,15-17,19,24,32,34H,13-14,18,20H2,1-3H3;5-16,26,32H,1-3H3,(H,29,33);3-9,15,17H,16H2,1-2H3;2-6H,1H3,(H,16,17);7-8,10-11H,1-6H3;3-6H,1-2H3;7H,1-6H2;4H,1-3,5H2;1H4;1H;/q;;;;-1;;;;;;+2/p-1. The van der Waals surface area contributed by atoms with Crippen LogP contribution in [0.1, 0.15) is 199 Å². The zero-order chi connectivity index (χ0) is 103. The molecule has 3 aromatic heterocycles. The van der Waals surface area contributed by atoms with Crippen molar-refractivity contribution < 1.29 is 51.5 Å². The molecule has 16 rings (SSSR count). The van der Waals surface area contributed by atoms with E-state index < -0.39 is 34.6 Å². The van der Waals surface area contributed by atoms with Crippen molar-refractivity contribution >= 4 is 91.9 Å². The number of rotatable bonds is 27. The topological polar surface area (TPSA) is 358 Å². The van der Waals surface area contributed by atoms with Crippen LogP contribution in [0.15, 0.2) is 261 Å². The summed E-state index contributed by atoms with van der Waals surface area (Å²) in [6, 6.07) is 87.0. The van der Waals surface area contributed by atoms with Gasteiger partial charge in [0, 0.05) is 49.5 Å². The van der Waals surface area contributed by atoms with Crippen LogP contribution in [-0.2, 0) is 6.42 Å². The molecule has 0 saturated heterocycles. The van der Waals surface area contributed by atoms with Crippen LogP contribution in [0.25, 0.3) is 26.8 Å². The number of carboxylic acid groups (broad SMARTS) is 1. The molecule has 0 aliphatic heterocycles. The van der Waals surface area contributed by atoms with Crippen LogP contribution in [0.3, 0.4) is 0 Å². The first kappa shape index (κ1) is 119. The number of halogens is 1. The summed E-state index contributed by atoms with van der Waals surface area (Å²) in [4.78, 5) is 55.0. The number of anilines is 3. The number of aliphatic hydroxyl groups excluding tert-OH is 2. The third kappa shape index (κ3) is 36.6. The Kier molecular flexibility index (Phi) is 48.1. The molecule has 2 fully saturated rings. The third-order valence-electron chi connectivity index (χ3n) is 23.2. The first-order valence-electron chi connectivity index (χ1n) is 47.5. The Labute approximate surface area is 880 Å².